The summed E-state index contributed by atoms with van der Waals surface area (Å²) in [6.45, 7) is 3.68. The topological polar surface area (TPSA) is 92.4 Å². The van der Waals surface area contributed by atoms with Crippen molar-refractivity contribution in [2.24, 2.45) is 5.92 Å². The van der Waals surface area contributed by atoms with Gasteiger partial charge in [-0.25, -0.2) is 9.78 Å². The van der Waals surface area contributed by atoms with Crippen molar-refractivity contribution in [3.63, 3.8) is 0 Å². The molecule has 2 aromatic heterocycles. The standard InChI is InChI=1S/C15H18N2O4S/c1-3-9(2)13(15(19)20)17-12(18)7-10-8-21-14(16-10)11-5-4-6-22-11/h4-6,8-9,13H,3,7H2,1-2H3,(H,17,18)(H,19,20)/t9-,13-/m0/s1. The number of aliphatic carboxylic acids is 1. The van der Waals surface area contributed by atoms with Crippen LogP contribution < -0.4 is 5.32 Å². The summed E-state index contributed by atoms with van der Waals surface area (Å²) >= 11 is 1.50. The summed E-state index contributed by atoms with van der Waals surface area (Å²) in [5, 5.41) is 13.6. The second-order valence-corrected chi connectivity index (χ2v) is 6.01. The van der Waals surface area contributed by atoms with Crippen LogP contribution in [0.1, 0.15) is 26.0 Å². The lowest BCUT2D eigenvalue weighted by atomic mass is 9.99. The summed E-state index contributed by atoms with van der Waals surface area (Å²) in [5.74, 6) is -1.07. The lowest BCUT2D eigenvalue weighted by molar-refractivity contribution is -0.143. The van der Waals surface area contributed by atoms with Crippen molar-refractivity contribution in [2.45, 2.75) is 32.7 Å². The zero-order valence-corrected chi connectivity index (χ0v) is 13.2. The summed E-state index contributed by atoms with van der Waals surface area (Å²) < 4.78 is 5.33. The minimum Gasteiger partial charge on any atom is -0.480 e. The number of amides is 1. The number of hydrogen-bond donors (Lipinski definition) is 2. The first-order chi connectivity index (χ1) is 10.5. The van der Waals surface area contributed by atoms with E-state index in [0.29, 0.717) is 18.0 Å². The monoisotopic (exact) mass is 322 g/mol. The van der Waals surface area contributed by atoms with Gasteiger partial charge in [0.2, 0.25) is 11.8 Å². The zero-order valence-electron chi connectivity index (χ0n) is 12.4. The van der Waals surface area contributed by atoms with E-state index in [4.69, 9.17) is 4.42 Å². The molecule has 118 valence electrons. The zero-order chi connectivity index (χ0) is 16.1. The van der Waals surface area contributed by atoms with Gasteiger partial charge in [-0.05, 0) is 17.4 Å². The SMILES string of the molecule is CC[C@H](C)[C@H](NC(=O)Cc1coc(-c2cccs2)n1)C(=O)O. The Morgan fingerprint density at radius 3 is 2.86 bits per heavy atom. The number of nitrogens with zero attached hydrogens (tertiary/aromatic N) is 1. The van der Waals surface area contributed by atoms with E-state index < -0.39 is 12.0 Å². The van der Waals surface area contributed by atoms with E-state index >= 15 is 0 Å². The molecule has 2 atom stereocenters. The van der Waals surface area contributed by atoms with Gasteiger partial charge in [-0.2, -0.15) is 0 Å². The van der Waals surface area contributed by atoms with Crippen molar-refractivity contribution in [3.05, 3.63) is 29.5 Å². The Kier molecular flexibility index (Phi) is 5.32. The first-order valence-corrected chi connectivity index (χ1v) is 7.89. The van der Waals surface area contributed by atoms with E-state index in [1.54, 1.807) is 6.92 Å². The quantitative estimate of drug-likeness (QED) is 0.817. The molecule has 0 bridgehead atoms. The molecule has 7 heteroatoms. The van der Waals surface area contributed by atoms with Gasteiger partial charge in [0.15, 0.2) is 0 Å². The van der Waals surface area contributed by atoms with Crippen LogP contribution in [0, 0.1) is 5.92 Å². The first kappa shape index (κ1) is 16.2. The van der Waals surface area contributed by atoms with Crippen LogP contribution in [-0.2, 0) is 16.0 Å². The van der Waals surface area contributed by atoms with Gasteiger partial charge >= 0.3 is 5.97 Å². The maximum absolute atomic E-state index is 12.0. The Morgan fingerprint density at radius 2 is 2.27 bits per heavy atom. The van der Waals surface area contributed by atoms with Gasteiger partial charge < -0.3 is 14.8 Å². The molecule has 2 N–H and O–H groups in total. The van der Waals surface area contributed by atoms with E-state index in [0.717, 1.165) is 4.88 Å². The van der Waals surface area contributed by atoms with E-state index in [9.17, 15) is 14.7 Å². The van der Waals surface area contributed by atoms with E-state index in [1.807, 2.05) is 24.4 Å². The Hall–Kier alpha value is -2.15. The summed E-state index contributed by atoms with van der Waals surface area (Å²) in [4.78, 5) is 28.3. The molecule has 0 fully saturated rings. The number of carbonyl (C=O) groups excluding carboxylic acids is 1. The predicted octanol–water partition coefficient (Wildman–Crippen LogP) is 2.56. The second-order valence-electron chi connectivity index (χ2n) is 5.07. The molecule has 1 amide bonds. The highest BCUT2D eigenvalue weighted by Crippen LogP contribution is 2.23. The summed E-state index contributed by atoms with van der Waals surface area (Å²) in [6.07, 6.45) is 2.09. The third-order valence-corrected chi connectivity index (χ3v) is 4.28. The van der Waals surface area contributed by atoms with Crippen LogP contribution in [0.25, 0.3) is 10.8 Å². The Labute approximate surface area is 132 Å². The fraction of sp³-hybridized carbons (Fsp3) is 0.400. The van der Waals surface area contributed by atoms with Gasteiger partial charge in [0.05, 0.1) is 17.0 Å². The number of nitrogens with one attached hydrogen (secondary N) is 1. The molecule has 0 aromatic carbocycles. The molecule has 0 saturated heterocycles. The third kappa shape index (κ3) is 3.94. The van der Waals surface area contributed by atoms with Crippen molar-refractivity contribution in [2.75, 3.05) is 0 Å². The molecular weight excluding hydrogens is 304 g/mol. The number of carbonyl (C=O) groups is 2. The van der Waals surface area contributed by atoms with Crippen molar-refractivity contribution in [1.29, 1.82) is 0 Å². The van der Waals surface area contributed by atoms with Gasteiger partial charge in [-0.15, -0.1) is 11.3 Å². The van der Waals surface area contributed by atoms with Gasteiger partial charge in [0, 0.05) is 0 Å². The van der Waals surface area contributed by atoms with Gasteiger partial charge in [-0.1, -0.05) is 26.3 Å². The highest BCUT2D eigenvalue weighted by atomic mass is 32.1. The minimum absolute atomic E-state index is 0.00487. The lowest BCUT2D eigenvalue weighted by Gasteiger charge is -2.19. The number of oxazole rings is 1. The Bertz CT molecular complexity index is 636. The van der Waals surface area contributed by atoms with Crippen LogP contribution in [0.5, 0.6) is 0 Å². The molecule has 0 aliphatic heterocycles. The number of carboxylic acid groups (broad SMARTS) is 1. The number of carboxylic acids is 1. The third-order valence-electron chi connectivity index (χ3n) is 3.42. The van der Waals surface area contributed by atoms with Gasteiger partial charge in [0.25, 0.3) is 0 Å². The molecule has 0 aliphatic carbocycles. The lowest BCUT2D eigenvalue weighted by Crippen LogP contribution is -2.45. The van der Waals surface area contributed by atoms with Crippen LogP contribution in [-0.4, -0.2) is 28.0 Å². The van der Waals surface area contributed by atoms with Crippen molar-refractivity contribution in [3.8, 4) is 10.8 Å². The normalized spacial score (nSPS) is 13.5. The number of aromatic nitrogens is 1. The Morgan fingerprint density at radius 1 is 1.50 bits per heavy atom. The van der Waals surface area contributed by atoms with E-state index in [-0.39, 0.29) is 18.2 Å². The molecule has 6 nitrogen and oxygen atoms in total. The van der Waals surface area contributed by atoms with Crippen molar-refractivity contribution < 1.29 is 19.1 Å². The fourth-order valence-corrected chi connectivity index (χ4v) is 2.63. The predicted molar refractivity (Wildman–Crippen MR) is 82.5 cm³/mol. The molecule has 0 unspecified atom stereocenters. The summed E-state index contributed by atoms with van der Waals surface area (Å²) in [5.41, 5.74) is 0.481. The van der Waals surface area contributed by atoms with Crippen LogP contribution in [0.15, 0.2) is 28.2 Å². The molecule has 2 rings (SSSR count). The summed E-state index contributed by atoms with van der Waals surface area (Å²) in [7, 11) is 0. The highest BCUT2D eigenvalue weighted by molar-refractivity contribution is 7.13. The number of rotatable bonds is 7. The molecule has 2 heterocycles. The largest absolute Gasteiger partial charge is 0.480 e. The molecule has 0 radical (unpaired) electrons. The van der Waals surface area contributed by atoms with Crippen LogP contribution in [0.3, 0.4) is 0 Å². The van der Waals surface area contributed by atoms with E-state index in [2.05, 4.69) is 10.3 Å². The van der Waals surface area contributed by atoms with Crippen LogP contribution in [0.2, 0.25) is 0 Å². The molecule has 0 aliphatic rings. The van der Waals surface area contributed by atoms with Gasteiger partial charge in [0.1, 0.15) is 12.3 Å². The molecule has 0 spiro atoms. The van der Waals surface area contributed by atoms with E-state index in [1.165, 1.54) is 17.6 Å². The van der Waals surface area contributed by atoms with Crippen molar-refractivity contribution in [1.82, 2.24) is 10.3 Å². The Balaban J connectivity index is 1.98. The minimum atomic E-state index is -1.03. The molecule has 2 aromatic rings. The van der Waals surface area contributed by atoms with Crippen molar-refractivity contribution >= 4 is 23.2 Å². The van der Waals surface area contributed by atoms with Crippen LogP contribution in [0.4, 0.5) is 0 Å². The maximum Gasteiger partial charge on any atom is 0.326 e. The summed E-state index contributed by atoms with van der Waals surface area (Å²) in [6, 6.07) is 2.88. The maximum atomic E-state index is 12.0. The molecular formula is C15H18N2O4S. The second kappa shape index (κ2) is 7.22. The molecule has 0 saturated carbocycles. The average molecular weight is 322 g/mol. The van der Waals surface area contributed by atoms with Gasteiger partial charge in [-0.3, -0.25) is 4.79 Å². The van der Waals surface area contributed by atoms with Crippen LogP contribution >= 0.6 is 11.3 Å². The first-order valence-electron chi connectivity index (χ1n) is 7.01. The number of thiophene rings is 1. The fourth-order valence-electron chi connectivity index (χ4n) is 1.97. The average Bonchev–Trinajstić information content (AvgIpc) is 3.14. The molecule has 22 heavy (non-hydrogen) atoms. The number of hydrogen-bond acceptors (Lipinski definition) is 5. The smallest absolute Gasteiger partial charge is 0.326 e. The highest BCUT2D eigenvalue weighted by Gasteiger charge is 2.25.